The van der Waals surface area contributed by atoms with Gasteiger partial charge < -0.3 is 19.6 Å². The van der Waals surface area contributed by atoms with E-state index in [1.54, 1.807) is 27.7 Å². The van der Waals surface area contributed by atoms with Gasteiger partial charge in [0.2, 0.25) is 18.1 Å². The number of carbonyl (C=O) groups excluding carboxylic acids is 6. The maximum absolute atomic E-state index is 14.6. The lowest BCUT2D eigenvalue weighted by Gasteiger charge is -2.56. The van der Waals surface area contributed by atoms with Gasteiger partial charge in [-0.1, -0.05) is 85.6 Å². The van der Waals surface area contributed by atoms with Gasteiger partial charge in [-0.15, -0.1) is 0 Å². The first-order chi connectivity index (χ1) is 35.9. The minimum absolute atomic E-state index is 0.0141. The number of amides is 4. The smallest absolute Gasteiger partial charge is 0.446 e. The van der Waals surface area contributed by atoms with Crippen molar-refractivity contribution < 1.29 is 84.3 Å². The summed E-state index contributed by atoms with van der Waals surface area (Å²) in [7, 11) is 0. The molecule has 410 valence electrons. The Hall–Kier alpha value is -6.82. The molecule has 2 aliphatic heterocycles. The number of alkyl halides is 7. The molecular weight excluding hydrogens is 1070 g/mol. The lowest BCUT2D eigenvalue weighted by atomic mass is 9.65. The van der Waals surface area contributed by atoms with E-state index in [4.69, 9.17) is 34.1 Å². The van der Waals surface area contributed by atoms with Gasteiger partial charge in [0.15, 0.2) is 23.3 Å². The van der Waals surface area contributed by atoms with Crippen LogP contribution >= 0.6 is 23.2 Å². The largest absolute Gasteiger partial charge is 0.481 e. The molecule has 2 aromatic carbocycles. The zero-order valence-corrected chi connectivity index (χ0v) is 42.2. The van der Waals surface area contributed by atoms with Crippen LogP contribution in [0.4, 0.5) is 51.1 Å². The Morgan fingerprint density at radius 2 is 1.08 bits per heavy atom. The van der Waals surface area contributed by atoms with Gasteiger partial charge in [-0.05, 0) is 69.7 Å². The molecule has 26 heteroatoms. The predicted molar refractivity (Wildman–Crippen MR) is 255 cm³/mol. The van der Waals surface area contributed by atoms with Gasteiger partial charge in [-0.2, -0.15) is 13.2 Å². The Balaban J connectivity index is 0.000000247. The van der Waals surface area contributed by atoms with Crippen molar-refractivity contribution in [1.82, 2.24) is 19.8 Å². The second-order valence-corrected chi connectivity index (χ2v) is 19.4. The summed E-state index contributed by atoms with van der Waals surface area (Å²) < 4.78 is 124. The summed E-state index contributed by atoms with van der Waals surface area (Å²) in [6.45, 7) is 6.36. The van der Waals surface area contributed by atoms with Crippen molar-refractivity contribution in [3.05, 3.63) is 117 Å². The molecule has 76 heavy (non-hydrogen) atoms. The van der Waals surface area contributed by atoms with E-state index < -0.39 is 114 Å². The minimum atomic E-state index is -4.64. The lowest BCUT2D eigenvalue weighted by molar-refractivity contribution is -0.178. The average Bonchev–Trinajstić information content (AvgIpc) is 3.30. The standard InChI is InChI=1S/C25H25ClF3N3O4.C21H17ClF3N3O4.C2HF3O.C2H6/c1-24(2,3)36-22(34)16-9-25(10-16)23(35)31(21-18(27)8-17(26)11-30-21)13-19(33)32(25)12-14-4-6-15(7-5-14)20(28)29;22-14-5-15(23)18(26-8-14)27-10-16(29)28(9-11-1-3-12(4-2-11)17(24)25)21(20(27)32)6-13(7-21)19(30)31;3-2(4,5)1-6;1-2/h4-8,11,16,20H,9-10,12-13H2,1-3H3;1-5,8,13,17H,6-7,9-10H2,(H,30,31);1H;1-2H3/i;;;1D. The zero-order chi connectivity index (χ0) is 57.5. The van der Waals surface area contributed by atoms with Crippen LogP contribution in [0, 0.1) is 23.5 Å². The number of hydrogen-bond acceptors (Lipinski definition) is 10. The van der Waals surface area contributed by atoms with Crippen LogP contribution in [-0.4, -0.2) is 103 Å². The average molecular weight is 1120 g/mol. The summed E-state index contributed by atoms with van der Waals surface area (Å²) in [5.74, 6) is -7.82. The number of benzene rings is 2. The summed E-state index contributed by atoms with van der Waals surface area (Å²) >= 11 is 11.5. The van der Waals surface area contributed by atoms with Crippen LogP contribution in [0.15, 0.2) is 73.1 Å². The van der Waals surface area contributed by atoms with Crippen LogP contribution in [-0.2, 0) is 51.4 Å². The highest BCUT2D eigenvalue weighted by Gasteiger charge is 2.64. The highest BCUT2D eigenvalue weighted by Crippen LogP contribution is 2.49. The van der Waals surface area contributed by atoms with Crippen LogP contribution in [0.5, 0.6) is 0 Å². The number of halogens is 11. The molecule has 4 heterocycles. The third kappa shape index (κ3) is 13.6. The summed E-state index contributed by atoms with van der Waals surface area (Å²) in [5, 5.41) is 9.37. The zero-order valence-electron chi connectivity index (χ0n) is 41.7. The Labute approximate surface area is 440 Å². The van der Waals surface area contributed by atoms with Crippen molar-refractivity contribution in [2.24, 2.45) is 11.8 Å². The number of aliphatic carboxylic acids is 1. The fraction of sp³-hybridized carbons (Fsp3) is 0.420. The molecule has 0 bridgehead atoms. The van der Waals surface area contributed by atoms with Gasteiger partial charge >= 0.3 is 18.1 Å². The van der Waals surface area contributed by atoms with Crippen molar-refractivity contribution in [2.75, 3.05) is 22.9 Å². The first-order valence-electron chi connectivity index (χ1n) is 23.5. The minimum Gasteiger partial charge on any atom is -0.481 e. The number of piperazine rings is 2. The van der Waals surface area contributed by atoms with Crippen molar-refractivity contribution in [3.8, 4) is 0 Å². The van der Waals surface area contributed by atoms with Crippen molar-refractivity contribution >= 4 is 76.7 Å². The molecule has 4 aliphatic rings. The molecule has 15 nitrogen and oxygen atoms in total. The number of rotatable bonds is 10. The number of carboxylic acid groups (broad SMARTS) is 1. The van der Waals surface area contributed by atoms with Gasteiger partial charge in [-0.3, -0.25) is 43.4 Å². The molecule has 4 aromatic rings. The van der Waals surface area contributed by atoms with Gasteiger partial charge in [0, 0.05) is 38.0 Å². The maximum Gasteiger partial charge on any atom is 0.446 e. The molecule has 2 spiro atoms. The number of carboxylic acids is 1. The molecule has 0 radical (unpaired) electrons. The molecule has 2 aromatic heterocycles. The van der Waals surface area contributed by atoms with Crippen molar-refractivity contribution in [1.29, 1.82) is 0 Å². The Morgan fingerprint density at radius 3 is 1.37 bits per heavy atom. The monoisotopic (exact) mass is 1120 g/mol. The summed E-state index contributed by atoms with van der Waals surface area (Å²) in [5.41, 5.74) is -2.99. The molecule has 0 unspecified atom stereocenters. The highest BCUT2D eigenvalue weighted by atomic mass is 35.5. The number of pyridine rings is 2. The number of aldehydes is 1. The molecule has 2 saturated heterocycles. The SMILES string of the molecule is CC(C)(C)OC(=O)C1CC2(C1)C(=O)N(c1ncc(Cl)cc1F)CC(=O)N2Cc1ccc(C(F)F)cc1.O=C(O)C1CC2(C1)C(=O)N(c1ncc(Cl)cc1F)CC(=O)N2Cc1ccc(C(F)F)cc1.O=CC(F)(F)F.[2H]CC. The number of hydrogen-bond donors (Lipinski definition) is 1. The van der Waals surface area contributed by atoms with E-state index in [1.807, 2.05) is 0 Å². The maximum atomic E-state index is 14.6. The Bertz CT molecular complexity index is 2830. The van der Waals surface area contributed by atoms with E-state index in [9.17, 15) is 73.4 Å². The predicted octanol–water partition coefficient (Wildman–Crippen LogP) is 9.87. The molecular formula is C50H49Cl2F9N6O9. The van der Waals surface area contributed by atoms with E-state index in [0.717, 1.165) is 28.1 Å². The lowest BCUT2D eigenvalue weighted by Crippen LogP contribution is -2.73. The topological polar surface area (TPSA) is 188 Å². The number of anilines is 2. The third-order valence-electron chi connectivity index (χ3n) is 12.3. The number of carbonyl (C=O) groups is 7. The van der Waals surface area contributed by atoms with E-state index >= 15 is 0 Å². The van der Waals surface area contributed by atoms with Crippen LogP contribution in [0.3, 0.4) is 0 Å². The molecule has 2 aliphatic carbocycles. The van der Waals surface area contributed by atoms with Crippen LogP contribution in [0.1, 0.15) is 96.8 Å². The molecule has 8 rings (SSSR count). The van der Waals surface area contributed by atoms with Crippen molar-refractivity contribution in [3.63, 3.8) is 0 Å². The number of ether oxygens (including phenoxy) is 1. The van der Waals surface area contributed by atoms with Gasteiger partial charge in [-0.25, -0.2) is 36.3 Å². The quantitative estimate of drug-likeness (QED) is 0.0905. The molecule has 1 N–H and O–H groups in total. The summed E-state index contributed by atoms with van der Waals surface area (Å²) in [4.78, 5) is 98.6. The summed E-state index contributed by atoms with van der Waals surface area (Å²) in [6, 6.07) is 12.7. The highest BCUT2D eigenvalue weighted by molar-refractivity contribution is 6.30. The first-order valence-corrected chi connectivity index (χ1v) is 23.5. The van der Waals surface area contributed by atoms with E-state index in [-0.39, 0.29) is 71.6 Å². The molecule has 2 saturated carbocycles. The third-order valence-corrected chi connectivity index (χ3v) is 12.7. The normalized spacial score (nSPS) is 21.4. The second kappa shape index (κ2) is 24.0. The van der Waals surface area contributed by atoms with Crippen LogP contribution in [0.2, 0.25) is 10.0 Å². The van der Waals surface area contributed by atoms with Gasteiger partial charge in [0.1, 0.15) is 29.8 Å². The van der Waals surface area contributed by atoms with Gasteiger partial charge in [0.05, 0.1) is 21.9 Å². The van der Waals surface area contributed by atoms with Crippen molar-refractivity contribution in [2.45, 2.75) is 109 Å². The Kier molecular flexibility index (Phi) is 18.5. The fourth-order valence-electron chi connectivity index (χ4n) is 8.76. The second-order valence-electron chi connectivity index (χ2n) is 18.5. The number of nitrogens with zero attached hydrogens (tertiary/aromatic N) is 6. The van der Waals surface area contributed by atoms with E-state index in [0.29, 0.717) is 18.0 Å². The van der Waals surface area contributed by atoms with Crippen LogP contribution in [0.25, 0.3) is 0 Å². The molecule has 4 fully saturated rings. The van der Waals surface area contributed by atoms with E-state index in [1.165, 1.54) is 64.5 Å². The number of esters is 1. The fourth-order valence-corrected chi connectivity index (χ4v) is 9.05. The van der Waals surface area contributed by atoms with Gasteiger partial charge in [0.25, 0.3) is 24.7 Å². The molecule has 0 atom stereocenters. The van der Waals surface area contributed by atoms with E-state index in [2.05, 4.69) is 9.97 Å². The summed E-state index contributed by atoms with van der Waals surface area (Å²) in [6.07, 6.45) is -9.00. The first kappa shape index (κ1) is 58.4. The molecule has 4 amide bonds. The number of aromatic nitrogens is 2. The Morgan fingerprint density at radius 1 is 0.737 bits per heavy atom. The van der Waals surface area contributed by atoms with Crippen LogP contribution < -0.4 is 9.80 Å².